The van der Waals surface area contributed by atoms with Gasteiger partial charge >= 0.3 is 0 Å². The highest BCUT2D eigenvalue weighted by Crippen LogP contribution is 2.25. The Morgan fingerprint density at radius 2 is 2.06 bits per heavy atom. The number of hydrogen-bond donors (Lipinski definition) is 1. The van der Waals surface area contributed by atoms with E-state index in [-0.39, 0.29) is 12.3 Å². The molecule has 17 heavy (non-hydrogen) atoms. The Morgan fingerprint density at radius 1 is 1.47 bits per heavy atom. The van der Waals surface area contributed by atoms with Gasteiger partial charge in [0.2, 0.25) is 5.91 Å². The van der Waals surface area contributed by atoms with E-state index < -0.39 is 18.0 Å². The van der Waals surface area contributed by atoms with Crippen molar-refractivity contribution in [1.29, 1.82) is 0 Å². The van der Waals surface area contributed by atoms with Crippen LogP contribution in [0.15, 0.2) is 0 Å². The number of amides is 1. The van der Waals surface area contributed by atoms with Crippen LogP contribution in [0.1, 0.15) is 34.1 Å². The minimum Gasteiger partial charge on any atom is -0.390 e. The molecule has 2 atom stereocenters. The normalized spacial score (nSPS) is 24.6. The number of carbonyl (C=O) groups excluding carboxylic acids is 1. The first-order valence-electron chi connectivity index (χ1n) is 6.17. The zero-order valence-corrected chi connectivity index (χ0v) is 11.1. The van der Waals surface area contributed by atoms with Crippen molar-refractivity contribution in [3.05, 3.63) is 0 Å². The summed E-state index contributed by atoms with van der Waals surface area (Å²) in [6.45, 7) is 9.10. The molecule has 5 heteroatoms. The number of hydrogen-bond acceptors (Lipinski definition) is 4. The number of aliphatic hydroxyl groups is 1. The third-order valence-electron chi connectivity index (χ3n) is 2.96. The van der Waals surface area contributed by atoms with E-state index in [0.29, 0.717) is 19.7 Å². The maximum Gasteiger partial charge on any atom is 0.225 e. The molecule has 100 valence electrons. The molecular formula is C12H23NO4. The van der Waals surface area contributed by atoms with Gasteiger partial charge in [-0.15, -0.1) is 0 Å². The van der Waals surface area contributed by atoms with Crippen LogP contribution in [-0.4, -0.2) is 53.6 Å². The largest absolute Gasteiger partial charge is 0.390 e. The highest BCUT2D eigenvalue weighted by atomic mass is 16.7. The standard InChI is InChI=1S/C12H23NO4/c1-5-13(6-2)11(15)7-9(14)10-8-16-12(3,4)17-10/h9-10,14H,5-8H2,1-4H3/t9-,10-/m1/s1. The van der Waals surface area contributed by atoms with E-state index in [2.05, 4.69) is 0 Å². The van der Waals surface area contributed by atoms with Crippen LogP contribution in [0.4, 0.5) is 0 Å². The third-order valence-corrected chi connectivity index (χ3v) is 2.96. The molecule has 0 bridgehead atoms. The van der Waals surface area contributed by atoms with Gasteiger partial charge in [-0.1, -0.05) is 0 Å². The van der Waals surface area contributed by atoms with Crippen LogP contribution < -0.4 is 0 Å². The maximum atomic E-state index is 11.8. The van der Waals surface area contributed by atoms with Gasteiger partial charge in [-0.05, 0) is 27.7 Å². The SMILES string of the molecule is CCN(CC)C(=O)C[C@@H](O)[C@H]1COC(C)(C)O1. The molecule has 1 rings (SSSR count). The summed E-state index contributed by atoms with van der Waals surface area (Å²) in [5.74, 6) is -0.708. The first-order valence-corrected chi connectivity index (χ1v) is 6.17. The summed E-state index contributed by atoms with van der Waals surface area (Å²) >= 11 is 0. The highest BCUT2D eigenvalue weighted by Gasteiger charge is 2.37. The summed E-state index contributed by atoms with van der Waals surface area (Å²) in [5, 5.41) is 9.94. The fourth-order valence-electron chi connectivity index (χ4n) is 1.92. The van der Waals surface area contributed by atoms with Gasteiger partial charge in [0.25, 0.3) is 0 Å². The van der Waals surface area contributed by atoms with Crippen molar-refractivity contribution in [1.82, 2.24) is 4.90 Å². The Labute approximate surface area is 103 Å². The van der Waals surface area contributed by atoms with Gasteiger partial charge < -0.3 is 19.5 Å². The summed E-state index contributed by atoms with van der Waals surface area (Å²) < 4.78 is 10.9. The lowest BCUT2D eigenvalue weighted by atomic mass is 10.1. The van der Waals surface area contributed by atoms with E-state index in [9.17, 15) is 9.90 Å². The van der Waals surface area contributed by atoms with E-state index in [1.807, 2.05) is 13.8 Å². The van der Waals surface area contributed by atoms with E-state index in [1.165, 1.54) is 0 Å². The van der Waals surface area contributed by atoms with Gasteiger partial charge in [0.15, 0.2) is 5.79 Å². The van der Waals surface area contributed by atoms with Crippen LogP contribution in [0.3, 0.4) is 0 Å². The molecular weight excluding hydrogens is 222 g/mol. The molecule has 0 unspecified atom stereocenters. The zero-order valence-electron chi connectivity index (χ0n) is 11.1. The molecule has 5 nitrogen and oxygen atoms in total. The molecule has 0 spiro atoms. The molecule has 0 radical (unpaired) electrons. The van der Waals surface area contributed by atoms with Crippen LogP contribution >= 0.6 is 0 Å². The van der Waals surface area contributed by atoms with Gasteiger partial charge in [-0.3, -0.25) is 4.79 Å². The quantitative estimate of drug-likeness (QED) is 0.777. The Balaban J connectivity index is 2.44. The van der Waals surface area contributed by atoms with Gasteiger partial charge in [0.05, 0.1) is 19.1 Å². The second-order valence-electron chi connectivity index (χ2n) is 4.70. The zero-order chi connectivity index (χ0) is 13.1. The van der Waals surface area contributed by atoms with Gasteiger partial charge in [-0.25, -0.2) is 0 Å². The minimum atomic E-state index is -0.801. The lowest BCUT2D eigenvalue weighted by Gasteiger charge is -2.23. The summed E-state index contributed by atoms with van der Waals surface area (Å²) in [6, 6.07) is 0. The van der Waals surface area contributed by atoms with Crippen LogP contribution in [0.25, 0.3) is 0 Å². The minimum absolute atomic E-state index is 0.0455. The molecule has 1 N–H and O–H groups in total. The molecule has 0 aliphatic carbocycles. The fraction of sp³-hybridized carbons (Fsp3) is 0.917. The smallest absolute Gasteiger partial charge is 0.225 e. The maximum absolute atomic E-state index is 11.8. The van der Waals surface area contributed by atoms with Crippen molar-refractivity contribution in [2.75, 3.05) is 19.7 Å². The number of carbonyl (C=O) groups is 1. The lowest BCUT2D eigenvalue weighted by molar-refractivity contribution is -0.155. The average molecular weight is 245 g/mol. The monoisotopic (exact) mass is 245 g/mol. The average Bonchev–Trinajstić information content (AvgIpc) is 2.60. The lowest BCUT2D eigenvalue weighted by Crippen LogP contribution is -2.38. The number of ether oxygens (including phenoxy) is 2. The molecule has 0 aromatic rings. The number of nitrogens with zero attached hydrogens (tertiary/aromatic N) is 1. The van der Waals surface area contributed by atoms with E-state index in [4.69, 9.17) is 9.47 Å². The molecule has 0 saturated carbocycles. The first-order chi connectivity index (χ1) is 7.89. The van der Waals surface area contributed by atoms with Gasteiger partial charge in [0.1, 0.15) is 6.10 Å². The molecule has 1 saturated heterocycles. The van der Waals surface area contributed by atoms with Crippen molar-refractivity contribution in [3.8, 4) is 0 Å². The third kappa shape index (κ3) is 3.94. The Bertz CT molecular complexity index is 263. The van der Waals surface area contributed by atoms with E-state index in [1.54, 1.807) is 18.7 Å². The van der Waals surface area contributed by atoms with Crippen molar-refractivity contribution in [3.63, 3.8) is 0 Å². The molecule has 1 amide bonds. The molecule has 1 aliphatic heterocycles. The number of aliphatic hydroxyl groups excluding tert-OH is 1. The van der Waals surface area contributed by atoms with Crippen LogP contribution in [0, 0.1) is 0 Å². The Hall–Kier alpha value is -0.650. The molecule has 0 aromatic carbocycles. The van der Waals surface area contributed by atoms with Crippen LogP contribution in [-0.2, 0) is 14.3 Å². The van der Waals surface area contributed by atoms with Crippen molar-refractivity contribution < 1.29 is 19.4 Å². The molecule has 0 aromatic heterocycles. The predicted molar refractivity (Wildman–Crippen MR) is 63.5 cm³/mol. The summed E-state index contributed by atoms with van der Waals surface area (Å²) in [5.41, 5.74) is 0. The van der Waals surface area contributed by atoms with Crippen molar-refractivity contribution in [2.24, 2.45) is 0 Å². The Morgan fingerprint density at radius 3 is 2.47 bits per heavy atom. The Kier molecular flexibility index (Phi) is 4.91. The fourth-order valence-corrected chi connectivity index (χ4v) is 1.92. The van der Waals surface area contributed by atoms with E-state index >= 15 is 0 Å². The molecule has 1 aliphatic rings. The predicted octanol–water partition coefficient (Wildman–Crippen LogP) is 0.757. The number of rotatable bonds is 5. The summed E-state index contributed by atoms with van der Waals surface area (Å²) in [7, 11) is 0. The van der Waals surface area contributed by atoms with Crippen LogP contribution in [0.5, 0.6) is 0 Å². The van der Waals surface area contributed by atoms with Crippen LogP contribution in [0.2, 0.25) is 0 Å². The highest BCUT2D eigenvalue weighted by molar-refractivity contribution is 5.76. The second-order valence-corrected chi connectivity index (χ2v) is 4.70. The molecule has 1 fully saturated rings. The summed E-state index contributed by atoms with van der Waals surface area (Å²) in [6.07, 6.45) is -1.12. The topological polar surface area (TPSA) is 59.0 Å². The molecule has 1 heterocycles. The van der Waals surface area contributed by atoms with E-state index in [0.717, 1.165) is 0 Å². The van der Waals surface area contributed by atoms with Gasteiger partial charge in [-0.2, -0.15) is 0 Å². The van der Waals surface area contributed by atoms with Gasteiger partial charge in [0, 0.05) is 13.1 Å². The summed E-state index contributed by atoms with van der Waals surface area (Å²) in [4.78, 5) is 13.5. The van der Waals surface area contributed by atoms with Crippen molar-refractivity contribution >= 4 is 5.91 Å². The van der Waals surface area contributed by atoms with Crippen molar-refractivity contribution in [2.45, 2.75) is 52.1 Å². The second kappa shape index (κ2) is 5.80. The first kappa shape index (κ1) is 14.4.